The molecule has 0 aliphatic carbocycles. The van der Waals surface area contributed by atoms with Crippen LogP contribution in [0, 0.1) is 0 Å². The summed E-state index contributed by atoms with van der Waals surface area (Å²) in [6, 6.07) is 6.79. The lowest BCUT2D eigenvalue weighted by atomic mass is 10.1. The number of fused-ring (bicyclic) bond motifs is 1. The molecule has 0 atom stereocenters. The summed E-state index contributed by atoms with van der Waals surface area (Å²) >= 11 is 35.3. The van der Waals surface area contributed by atoms with E-state index in [2.05, 4.69) is 4.98 Å². The lowest BCUT2D eigenvalue weighted by Gasteiger charge is -2.14. The van der Waals surface area contributed by atoms with E-state index in [-0.39, 0.29) is 5.69 Å². The van der Waals surface area contributed by atoms with Gasteiger partial charge in [0.2, 0.25) is 3.79 Å². The van der Waals surface area contributed by atoms with Crippen LogP contribution in [0.1, 0.15) is 16.1 Å². The molecule has 2 rings (SSSR count). The van der Waals surface area contributed by atoms with Crippen LogP contribution in [0.2, 0.25) is 5.02 Å². The van der Waals surface area contributed by atoms with Crippen LogP contribution in [0.25, 0.3) is 10.9 Å². The first-order chi connectivity index (χ1) is 8.30. The molecule has 0 saturated heterocycles. The van der Waals surface area contributed by atoms with Crippen molar-refractivity contribution in [3.63, 3.8) is 0 Å². The van der Waals surface area contributed by atoms with Crippen LogP contribution < -0.4 is 0 Å². The molecule has 0 fully saturated rings. The van der Waals surface area contributed by atoms with Gasteiger partial charge in [0.25, 0.3) is 0 Å². The molecule has 1 nitrogen and oxygen atoms in total. The van der Waals surface area contributed by atoms with Gasteiger partial charge in [-0.05, 0) is 17.7 Å². The van der Waals surface area contributed by atoms with E-state index in [4.69, 9.17) is 69.6 Å². The maximum atomic E-state index is 6.18. The lowest BCUT2D eigenvalue weighted by Crippen LogP contribution is -2.04. The predicted molar refractivity (Wildman–Crippen MR) is 80.4 cm³/mol. The third-order valence-electron chi connectivity index (χ3n) is 2.34. The summed E-state index contributed by atoms with van der Waals surface area (Å²) in [5.74, 6) is 0. The van der Waals surface area contributed by atoms with Gasteiger partial charge in [0, 0.05) is 5.39 Å². The molecule has 2 aromatic rings. The van der Waals surface area contributed by atoms with Crippen molar-refractivity contribution in [2.24, 2.45) is 0 Å². The van der Waals surface area contributed by atoms with Crippen LogP contribution in [-0.2, 0) is 3.79 Å². The number of hydrogen-bond acceptors (Lipinski definition) is 1. The van der Waals surface area contributed by atoms with Gasteiger partial charge >= 0.3 is 0 Å². The molecule has 0 N–H and O–H groups in total. The summed E-state index contributed by atoms with van der Waals surface area (Å²) in [4.78, 5) is 3.55. The maximum Gasteiger partial charge on any atom is 0.232 e. The Morgan fingerprint density at radius 3 is 2.33 bits per heavy atom. The first-order valence-corrected chi connectivity index (χ1v) is 7.13. The number of pyridine rings is 1. The zero-order chi connectivity index (χ0) is 13.5. The average Bonchev–Trinajstić information content (AvgIpc) is 2.26. The van der Waals surface area contributed by atoms with E-state index in [1.165, 1.54) is 6.07 Å². The van der Waals surface area contributed by atoms with Crippen LogP contribution in [0.15, 0.2) is 24.3 Å². The van der Waals surface area contributed by atoms with Crippen LogP contribution in [-0.4, -0.2) is 4.98 Å². The molecule has 0 unspecified atom stereocenters. The van der Waals surface area contributed by atoms with E-state index < -0.39 is 8.63 Å². The summed E-state index contributed by atoms with van der Waals surface area (Å²) in [6.45, 7) is 0. The largest absolute Gasteiger partial charge is 0.248 e. The Balaban J connectivity index is 2.77. The summed E-state index contributed by atoms with van der Waals surface area (Å²) in [5.41, 5.74) is 1.50. The van der Waals surface area contributed by atoms with Gasteiger partial charge in [-0.2, -0.15) is 0 Å². The highest BCUT2D eigenvalue weighted by Gasteiger charge is 2.26. The van der Waals surface area contributed by atoms with Crippen molar-refractivity contribution < 1.29 is 0 Å². The Morgan fingerprint density at radius 2 is 1.78 bits per heavy atom. The fourth-order valence-corrected chi connectivity index (χ4v) is 2.56. The summed E-state index contributed by atoms with van der Waals surface area (Å²) in [5, 5.41) is 1.05. The first-order valence-electron chi connectivity index (χ1n) is 4.75. The minimum absolute atomic E-state index is 0.253. The van der Waals surface area contributed by atoms with E-state index in [9.17, 15) is 0 Å². The van der Waals surface area contributed by atoms with Crippen molar-refractivity contribution in [1.82, 2.24) is 4.98 Å². The Morgan fingerprint density at radius 1 is 1.11 bits per heavy atom. The van der Waals surface area contributed by atoms with Crippen molar-refractivity contribution >= 4 is 80.5 Å². The lowest BCUT2D eigenvalue weighted by molar-refractivity contribution is 1.12. The van der Waals surface area contributed by atoms with Gasteiger partial charge in [0.15, 0.2) is 0 Å². The van der Waals surface area contributed by atoms with Crippen LogP contribution >= 0.6 is 69.6 Å². The summed E-state index contributed by atoms with van der Waals surface area (Å²) in [7, 11) is 0. The minimum Gasteiger partial charge on any atom is -0.248 e. The van der Waals surface area contributed by atoms with Crippen LogP contribution in [0.4, 0.5) is 0 Å². The van der Waals surface area contributed by atoms with E-state index in [0.717, 1.165) is 0 Å². The Kier molecular flexibility index (Phi) is 4.43. The van der Waals surface area contributed by atoms with Gasteiger partial charge < -0.3 is 0 Å². The SMILES string of the molecule is Clc1cc(C(Cl)(Cl)Cl)nc2cccc(C(Cl)Cl)c12. The molecule has 7 heteroatoms. The number of benzene rings is 1. The number of hydrogen-bond donors (Lipinski definition) is 0. The summed E-state index contributed by atoms with van der Waals surface area (Å²) < 4.78 is -1.63. The molecule has 1 heterocycles. The van der Waals surface area contributed by atoms with Crippen molar-refractivity contribution in [2.75, 3.05) is 0 Å². The number of alkyl halides is 5. The molecule has 0 amide bonds. The highest BCUT2D eigenvalue weighted by Crippen LogP contribution is 2.41. The third-order valence-corrected chi connectivity index (χ3v) is 3.69. The zero-order valence-corrected chi connectivity index (χ0v) is 13.1. The smallest absolute Gasteiger partial charge is 0.232 e. The quantitative estimate of drug-likeness (QED) is 0.550. The maximum absolute atomic E-state index is 6.18. The number of aromatic nitrogens is 1. The van der Waals surface area contributed by atoms with Crippen molar-refractivity contribution in [3.8, 4) is 0 Å². The van der Waals surface area contributed by atoms with Crippen LogP contribution in [0.5, 0.6) is 0 Å². The molecule has 0 aliphatic rings. The van der Waals surface area contributed by atoms with E-state index >= 15 is 0 Å². The normalized spacial score (nSPS) is 12.4. The third kappa shape index (κ3) is 2.92. The molecule has 0 radical (unpaired) electrons. The molecule has 1 aromatic carbocycles. The monoisotopic (exact) mass is 361 g/mol. The van der Waals surface area contributed by atoms with Gasteiger partial charge in [0.05, 0.1) is 16.2 Å². The summed E-state index contributed by atoms with van der Waals surface area (Å²) in [6.07, 6.45) is 0. The Labute approximate surface area is 134 Å². The van der Waals surface area contributed by atoms with Gasteiger partial charge in [-0.25, -0.2) is 4.98 Å². The molecular formula is C11H5Cl6N. The zero-order valence-electron chi connectivity index (χ0n) is 8.60. The van der Waals surface area contributed by atoms with Crippen molar-refractivity contribution in [3.05, 3.63) is 40.5 Å². The standard InChI is InChI=1S/C11H5Cl6N/c12-6-4-8(11(15,16)17)18-7-3-1-2-5(9(6)7)10(13)14/h1-4,10H. The molecule has 18 heavy (non-hydrogen) atoms. The second-order valence-electron chi connectivity index (χ2n) is 3.53. The minimum atomic E-state index is -1.63. The molecule has 0 spiro atoms. The van der Waals surface area contributed by atoms with E-state index in [1.54, 1.807) is 18.2 Å². The second-order valence-corrected chi connectivity index (χ2v) is 7.31. The van der Waals surface area contributed by atoms with E-state index in [0.29, 0.717) is 21.5 Å². The van der Waals surface area contributed by atoms with Crippen LogP contribution in [0.3, 0.4) is 0 Å². The van der Waals surface area contributed by atoms with E-state index in [1.807, 2.05) is 0 Å². The number of halogens is 6. The molecule has 0 aliphatic heterocycles. The highest BCUT2D eigenvalue weighted by molar-refractivity contribution is 6.66. The first kappa shape index (κ1) is 14.8. The topological polar surface area (TPSA) is 12.9 Å². The molecular weight excluding hydrogens is 359 g/mol. The highest BCUT2D eigenvalue weighted by atomic mass is 35.6. The molecule has 0 bridgehead atoms. The number of rotatable bonds is 1. The van der Waals surface area contributed by atoms with Gasteiger partial charge in [0.1, 0.15) is 4.84 Å². The van der Waals surface area contributed by atoms with Crippen molar-refractivity contribution in [2.45, 2.75) is 8.63 Å². The average molecular weight is 364 g/mol. The van der Waals surface area contributed by atoms with Crippen molar-refractivity contribution in [1.29, 1.82) is 0 Å². The Hall–Kier alpha value is 0.370. The number of nitrogens with zero attached hydrogens (tertiary/aromatic N) is 1. The van der Waals surface area contributed by atoms with Gasteiger partial charge in [-0.15, -0.1) is 23.2 Å². The fraction of sp³-hybridized carbons (Fsp3) is 0.182. The Bertz CT molecular complexity index is 590. The molecule has 0 saturated carbocycles. The predicted octanol–water partition coefficient (Wildman–Crippen LogP) is 6.19. The van der Waals surface area contributed by atoms with Gasteiger partial charge in [-0.1, -0.05) is 58.5 Å². The van der Waals surface area contributed by atoms with Gasteiger partial charge in [-0.3, -0.25) is 0 Å². The molecule has 1 aromatic heterocycles. The molecule has 96 valence electrons. The second kappa shape index (κ2) is 5.40. The fourth-order valence-electron chi connectivity index (χ4n) is 1.59.